The summed E-state index contributed by atoms with van der Waals surface area (Å²) in [6, 6.07) is 6.09. The maximum atomic E-state index is 12.4. The van der Waals surface area contributed by atoms with Crippen LogP contribution in [0.25, 0.3) is 0 Å². The predicted molar refractivity (Wildman–Crippen MR) is 90.0 cm³/mol. The van der Waals surface area contributed by atoms with E-state index in [0.29, 0.717) is 11.1 Å². The largest absolute Gasteiger partial charge is 0.433 e. The van der Waals surface area contributed by atoms with Gasteiger partial charge in [0, 0.05) is 13.0 Å². The van der Waals surface area contributed by atoms with E-state index in [1.165, 1.54) is 23.9 Å². The molecule has 6 nitrogen and oxygen atoms in total. The molecule has 1 saturated carbocycles. The van der Waals surface area contributed by atoms with Crippen molar-refractivity contribution in [3.05, 3.63) is 30.1 Å². The maximum Gasteiger partial charge on any atom is 0.387 e. The zero-order valence-corrected chi connectivity index (χ0v) is 14.6. The molecule has 1 fully saturated rings. The van der Waals surface area contributed by atoms with Crippen molar-refractivity contribution in [1.82, 2.24) is 14.8 Å². The Bertz CT molecular complexity index is 764. The highest BCUT2D eigenvalue weighted by atomic mass is 32.2. The van der Waals surface area contributed by atoms with Gasteiger partial charge in [0.05, 0.1) is 10.9 Å². The quantitative estimate of drug-likeness (QED) is 0.759. The second-order valence-electron chi connectivity index (χ2n) is 5.80. The van der Waals surface area contributed by atoms with Gasteiger partial charge in [-0.1, -0.05) is 23.9 Å². The first kappa shape index (κ1) is 17.7. The summed E-state index contributed by atoms with van der Waals surface area (Å²) in [4.78, 5) is 12.4. The molecule has 1 aliphatic rings. The topological polar surface area (TPSA) is 69.0 Å². The molecule has 0 radical (unpaired) electrons. The number of hydrogen-bond donors (Lipinski definition) is 1. The molecule has 1 amide bonds. The highest BCUT2D eigenvalue weighted by Gasteiger charge is 2.30. The minimum Gasteiger partial charge on any atom is -0.433 e. The first-order valence-electron chi connectivity index (χ1n) is 7.86. The van der Waals surface area contributed by atoms with E-state index in [-0.39, 0.29) is 17.3 Å². The van der Waals surface area contributed by atoms with Crippen molar-refractivity contribution in [1.29, 1.82) is 0 Å². The molecule has 2 aromatic rings. The molecule has 1 aromatic carbocycles. The number of nitrogens with zero attached hydrogens (tertiary/aromatic N) is 3. The van der Waals surface area contributed by atoms with E-state index in [1.54, 1.807) is 19.1 Å². The third-order valence-corrected chi connectivity index (χ3v) is 4.96. The van der Waals surface area contributed by atoms with Crippen molar-refractivity contribution in [3.8, 4) is 5.75 Å². The van der Waals surface area contributed by atoms with E-state index in [9.17, 15) is 13.6 Å². The zero-order valence-electron chi connectivity index (χ0n) is 13.8. The summed E-state index contributed by atoms with van der Waals surface area (Å²) in [5.74, 6) is 1.00. The van der Waals surface area contributed by atoms with Crippen molar-refractivity contribution in [2.75, 3.05) is 5.32 Å². The van der Waals surface area contributed by atoms with Crippen LogP contribution in [0.5, 0.6) is 5.75 Å². The second kappa shape index (κ2) is 7.38. The van der Waals surface area contributed by atoms with E-state index in [2.05, 4.69) is 20.3 Å². The molecule has 1 aliphatic carbocycles. The summed E-state index contributed by atoms with van der Waals surface area (Å²) in [5, 5.41) is 11.1. The summed E-state index contributed by atoms with van der Waals surface area (Å²) in [5.41, 5.74) is 0.205. The van der Waals surface area contributed by atoms with Gasteiger partial charge in [-0.15, -0.1) is 10.2 Å². The fourth-order valence-corrected chi connectivity index (χ4v) is 3.16. The molecule has 0 spiro atoms. The fraction of sp³-hybridized carbons (Fsp3) is 0.438. The van der Waals surface area contributed by atoms with Crippen molar-refractivity contribution in [2.24, 2.45) is 7.05 Å². The lowest BCUT2D eigenvalue weighted by molar-refractivity contribution is -0.115. The minimum atomic E-state index is -2.95. The summed E-state index contributed by atoms with van der Waals surface area (Å²) >= 11 is 1.27. The number of halogens is 2. The number of anilines is 1. The van der Waals surface area contributed by atoms with Gasteiger partial charge in [-0.05, 0) is 31.9 Å². The van der Waals surface area contributed by atoms with Gasteiger partial charge in [0.15, 0.2) is 5.16 Å². The Labute approximate surface area is 148 Å². The van der Waals surface area contributed by atoms with Crippen LogP contribution in [0.4, 0.5) is 14.5 Å². The molecule has 3 rings (SSSR count). The average molecular weight is 368 g/mol. The number of rotatable bonds is 7. The zero-order chi connectivity index (χ0) is 18.0. The minimum absolute atomic E-state index is 0.0715. The van der Waals surface area contributed by atoms with Gasteiger partial charge in [-0.3, -0.25) is 4.79 Å². The van der Waals surface area contributed by atoms with Crippen LogP contribution in [-0.2, 0) is 11.8 Å². The Hall–Kier alpha value is -2.16. The van der Waals surface area contributed by atoms with Crippen LogP contribution in [0.2, 0.25) is 0 Å². The van der Waals surface area contributed by atoms with Gasteiger partial charge < -0.3 is 14.6 Å². The van der Waals surface area contributed by atoms with Gasteiger partial charge in [-0.25, -0.2) is 0 Å². The van der Waals surface area contributed by atoms with E-state index >= 15 is 0 Å². The Morgan fingerprint density at radius 2 is 2.08 bits per heavy atom. The Morgan fingerprint density at radius 1 is 1.36 bits per heavy atom. The fourth-order valence-electron chi connectivity index (χ4n) is 2.34. The third-order valence-electron chi connectivity index (χ3n) is 3.82. The molecule has 9 heteroatoms. The van der Waals surface area contributed by atoms with Crippen molar-refractivity contribution in [3.63, 3.8) is 0 Å². The summed E-state index contributed by atoms with van der Waals surface area (Å²) < 4.78 is 31.2. The summed E-state index contributed by atoms with van der Waals surface area (Å²) in [7, 11) is 1.88. The molecule has 0 aliphatic heterocycles. The summed E-state index contributed by atoms with van der Waals surface area (Å²) in [6.07, 6.45) is 2.24. The van der Waals surface area contributed by atoms with Crippen LogP contribution in [0.3, 0.4) is 0 Å². The molecule has 25 heavy (non-hydrogen) atoms. The Morgan fingerprint density at radius 3 is 2.76 bits per heavy atom. The SMILES string of the molecule is C[C@H](Sc1nnc(C2CC2)n1C)C(=O)Nc1ccccc1OC(F)F. The smallest absolute Gasteiger partial charge is 0.387 e. The normalized spacial score (nSPS) is 15.2. The van der Waals surface area contributed by atoms with Gasteiger partial charge in [0.2, 0.25) is 5.91 Å². The van der Waals surface area contributed by atoms with Gasteiger partial charge in [0.25, 0.3) is 0 Å². The molecule has 1 aromatic heterocycles. The lowest BCUT2D eigenvalue weighted by atomic mass is 10.3. The number of carbonyl (C=O) groups is 1. The van der Waals surface area contributed by atoms with Gasteiger partial charge in [0.1, 0.15) is 11.6 Å². The number of nitrogens with one attached hydrogen (secondary N) is 1. The van der Waals surface area contributed by atoms with E-state index < -0.39 is 11.9 Å². The van der Waals surface area contributed by atoms with Crippen LogP contribution in [0.15, 0.2) is 29.4 Å². The van der Waals surface area contributed by atoms with Gasteiger partial charge >= 0.3 is 6.61 Å². The lowest BCUT2D eigenvalue weighted by Crippen LogP contribution is -2.23. The van der Waals surface area contributed by atoms with Crippen molar-refractivity contribution in [2.45, 2.75) is 42.7 Å². The number of ether oxygens (including phenoxy) is 1. The van der Waals surface area contributed by atoms with Crippen molar-refractivity contribution < 1.29 is 18.3 Å². The number of alkyl halides is 2. The highest BCUT2D eigenvalue weighted by Crippen LogP contribution is 2.39. The molecule has 0 bridgehead atoms. The molecular formula is C16H18F2N4O2S. The molecule has 1 N–H and O–H groups in total. The molecule has 134 valence electrons. The number of carbonyl (C=O) groups excluding carboxylic acids is 1. The number of benzene rings is 1. The molecular weight excluding hydrogens is 350 g/mol. The average Bonchev–Trinajstić information content (AvgIpc) is 3.34. The summed E-state index contributed by atoms with van der Waals surface area (Å²) in [6.45, 7) is -1.23. The predicted octanol–water partition coefficient (Wildman–Crippen LogP) is 3.41. The van der Waals surface area contributed by atoms with Crippen LogP contribution in [0, 0.1) is 0 Å². The maximum absolute atomic E-state index is 12.4. The number of hydrogen-bond acceptors (Lipinski definition) is 5. The van der Waals surface area contributed by atoms with Gasteiger partial charge in [-0.2, -0.15) is 8.78 Å². The molecule has 1 atom stereocenters. The Balaban J connectivity index is 1.65. The van der Waals surface area contributed by atoms with E-state index in [4.69, 9.17) is 0 Å². The molecule has 1 heterocycles. The van der Waals surface area contributed by atoms with Crippen LogP contribution >= 0.6 is 11.8 Å². The van der Waals surface area contributed by atoms with Crippen LogP contribution in [0.1, 0.15) is 31.5 Å². The number of aromatic nitrogens is 3. The van der Waals surface area contributed by atoms with Crippen LogP contribution in [-0.4, -0.2) is 32.5 Å². The molecule has 0 unspecified atom stereocenters. The Kier molecular flexibility index (Phi) is 5.22. The van der Waals surface area contributed by atoms with E-state index in [1.807, 2.05) is 11.6 Å². The first-order valence-corrected chi connectivity index (χ1v) is 8.74. The highest BCUT2D eigenvalue weighted by molar-refractivity contribution is 8.00. The van der Waals surface area contributed by atoms with Crippen LogP contribution < -0.4 is 10.1 Å². The third kappa shape index (κ3) is 4.28. The number of thioether (sulfide) groups is 1. The number of amides is 1. The molecule has 0 saturated heterocycles. The van der Waals surface area contributed by atoms with Crippen molar-refractivity contribution >= 4 is 23.4 Å². The second-order valence-corrected chi connectivity index (χ2v) is 7.11. The number of para-hydroxylation sites is 2. The monoisotopic (exact) mass is 368 g/mol. The first-order chi connectivity index (χ1) is 12.0. The lowest BCUT2D eigenvalue weighted by Gasteiger charge is -2.14. The standard InChI is InChI=1S/C16H18F2N4O2S/c1-9(25-16-21-20-13(22(16)2)10-7-8-10)14(23)19-11-5-3-4-6-12(11)24-15(17)18/h3-6,9-10,15H,7-8H2,1-2H3,(H,19,23)/t9-/m0/s1. The van der Waals surface area contributed by atoms with E-state index in [0.717, 1.165) is 18.7 Å².